The number of carbonyl (C=O) groups excluding carboxylic acids is 1. The lowest BCUT2D eigenvalue weighted by Crippen LogP contribution is -2.20. The standard InChI is InChI=1S/C16H17BrO2/c1-10-5-7-11(8-6-10)15(18)14-9-12-3-2-4-13(17)16(12)19-14/h2-4,9-11H,5-8H2,1H3. The van der Waals surface area contributed by atoms with E-state index >= 15 is 0 Å². The van der Waals surface area contributed by atoms with Crippen LogP contribution < -0.4 is 0 Å². The van der Waals surface area contributed by atoms with Crippen molar-refractivity contribution in [1.29, 1.82) is 0 Å². The summed E-state index contributed by atoms with van der Waals surface area (Å²) < 4.78 is 6.65. The molecule has 0 atom stereocenters. The number of furan rings is 1. The van der Waals surface area contributed by atoms with Crippen LogP contribution in [0.15, 0.2) is 33.2 Å². The molecule has 0 saturated heterocycles. The molecule has 1 fully saturated rings. The Kier molecular flexibility index (Phi) is 3.48. The van der Waals surface area contributed by atoms with E-state index in [4.69, 9.17) is 4.42 Å². The fourth-order valence-corrected chi connectivity index (χ4v) is 3.33. The summed E-state index contributed by atoms with van der Waals surface area (Å²) in [5, 5.41) is 0.988. The van der Waals surface area contributed by atoms with Crippen molar-refractivity contribution in [2.75, 3.05) is 0 Å². The minimum Gasteiger partial charge on any atom is -0.452 e. The second-order valence-corrected chi connectivity index (χ2v) is 6.44. The van der Waals surface area contributed by atoms with Crippen LogP contribution >= 0.6 is 15.9 Å². The van der Waals surface area contributed by atoms with E-state index in [0.29, 0.717) is 5.76 Å². The van der Waals surface area contributed by atoms with Crippen LogP contribution in [0.3, 0.4) is 0 Å². The maximum absolute atomic E-state index is 12.5. The van der Waals surface area contributed by atoms with Gasteiger partial charge >= 0.3 is 0 Å². The van der Waals surface area contributed by atoms with Crippen molar-refractivity contribution in [3.63, 3.8) is 0 Å². The Morgan fingerprint density at radius 2 is 2.00 bits per heavy atom. The topological polar surface area (TPSA) is 30.2 Å². The first kappa shape index (κ1) is 12.9. The zero-order valence-corrected chi connectivity index (χ0v) is 12.6. The number of hydrogen-bond acceptors (Lipinski definition) is 2. The van der Waals surface area contributed by atoms with Gasteiger partial charge in [-0.25, -0.2) is 0 Å². The van der Waals surface area contributed by atoms with Crippen molar-refractivity contribution in [2.45, 2.75) is 32.6 Å². The highest BCUT2D eigenvalue weighted by molar-refractivity contribution is 9.10. The Bertz CT molecular complexity index is 606. The van der Waals surface area contributed by atoms with Crippen LogP contribution in [-0.2, 0) is 0 Å². The van der Waals surface area contributed by atoms with Crippen molar-refractivity contribution in [2.24, 2.45) is 11.8 Å². The van der Waals surface area contributed by atoms with Gasteiger partial charge in [-0.2, -0.15) is 0 Å². The van der Waals surface area contributed by atoms with Gasteiger partial charge in [0.1, 0.15) is 5.58 Å². The number of fused-ring (bicyclic) bond motifs is 1. The molecule has 0 amide bonds. The molecule has 100 valence electrons. The monoisotopic (exact) mass is 320 g/mol. The summed E-state index contributed by atoms with van der Waals surface area (Å²) in [6, 6.07) is 7.74. The summed E-state index contributed by atoms with van der Waals surface area (Å²) in [6.07, 6.45) is 4.30. The fraction of sp³-hybridized carbons (Fsp3) is 0.438. The van der Waals surface area contributed by atoms with Gasteiger partial charge in [0, 0.05) is 11.3 Å². The summed E-state index contributed by atoms with van der Waals surface area (Å²) in [5.74, 6) is 1.60. The summed E-state index contributed by atoms with van der Waals surface area (Å²) in [6.45, 7) is 2.26. The molecule has 1 aliphatic rings. The highest BCUT2D eigenvalue weighted by Crippen LogP contribution is 2.33. The molecular formula is C16H17BrO2. The average molecular weight is 321 g/mol. The molecule has 3 heteroatoms. The molecule has 0 unspecified atom stereocenters. The number of rotatable bonds is 2. The maximum atomic E-state index is 12.5. The van der Waals surface area contributed by atoms with Crippen LogP contribution in [0, 0.1) is 11.8 Å². The number of hydrogen-bond donors (Lipinski definition) is 0. The van der Waals surface area contributed by atoms with Crippen LogP contribution in [0.5, 0.6) is 0 Å². The van der Waals surface area contributed by atoms with Crippen molar-refractivity contribution in [3.8, 4) is 0 Å². The number of halogens is 1. The van der Waals surface area contributed by atoms with Crippen LogP contribution in [0.25, 0.3) is 11.0 Å². The van der Waals surface area contributed by atoms with E-state index < -0.39 is 0 Å². The van der Waals surface area contributed by atoms with Gasteiger partial charge in [0.15, 0.2) is 5.76 Å². The summed E-state index contributed by atoms with van der Waals surface area (Å²) >= 11 is 3.46. The van der Waals surface area contributed by atoms with Gasteiger partial charge in [0.25, 0.3) is 0 Å². The highest BCUT2D eigenvalue weighted by Gasteiger charge is 2.27. The molecule has 0 N–H and O–H groups in total. The van der Waals surface area contributed by atoms with E-state index in [1.165, 1.54) is 0 Å². The minimum atomic E-state index is 0.149. The molecule has 0 spiro atoms. The minimum absolute atomic E-state index is 0.149. The normalized spacial score (nSPS) is 23.7. The number of Topliss-reactive ketones (excluding diaryl/α,β-unsaturated/α-hetero) is 1. The molecular weight excluding hydrogens is 304 g/mol. The molecule has 1 aliphatic carbocycles. The molecule has 1 aromatic heterocycles. The SMILES string of the molecule is CC1CCC(C(=O)c2cc3cccc(Br)c3o2)CC1. The Morgan fingerprint density at radius 3 is 2.68 bits per heavy atom. The first-order valence-corrected chi connectivity index (χ1v) is 7.66. The first-order valence-electron chi connectivity index (χ1n) is 6.87. The van der Waals surface area contributed by atoms with Gasteiger partial charge in [-0.3, -0.25) is 4.79 Å². The highest BCUT2D eigenvalue weighted by atomic mass is 79.9. The predicted molar refractivity (Wildman–Crippen MR) is 79.4 cm³/mol. The Labute approximate surface area is 121 Å². The molecule has 3 rings (SSSR count). The van der Waals surface area contributed by atoms with Crippen LogP contribution in [0.1, 0.15) is 43.2 Å². The van der Waals surface area contributed by atoms with Crippen LogP contribution in [0.4, 0.5) is 0 Å². The molecule has 19 heavy (non-hydrogen) atoms. The van der Waals surface area contributed by atoms with Gasteiger partial charge in [-0.15, -0.1) is 0 Å². The summed E-state index contributed by atoms with van der Waals surface area (Å²) in [5.41, 5.74) is 0.773. The second-order valence-electron chi connectivity index (χ2n) is 5.59. The Balaban J connectivity index is 1.87. The van der Waals surface area contributed by atoms with E-state index in [9.17, 15) is 4.79 Å². The smallest absolute Gasteiger partial charge is 0.201 e. The molecule has 0 radical (unpaired) electrons. The first-order chi connectivity index (χ1) is 9.15. The largest absolute Gasteiger partial charge is 0.452 e. The number of benzene rings is 1. The third kappa shape index (κ3) is 2.48. The second kappa shape index (κ2) is 5.12. The Morgan fingerprint density at radius 1 is 1.26 bits per heavy atom. The molecule has 0 aliphatic heterocycles. The average Bonchev–Trinajstić information content (AvgIpc) is 2.84. The van der Waals surface area contributed by atoms with E-state index in [1.54, 1.807) is 0 Å². The lowest BCUT2D eigenvalue weighted by atomic mass is 9.80. The lowest BCUT2D eigenvalue weighted by molar-refractivity contribution is 0.0849. The summed E-state index contributed by atoms with van der Waals surface area (Å²) in [7, 11) is 0. The van der Waals surface area contributed by atoms with E-state index in [-0.39, 0.29) is 11.7 Å². The quantitative estimate of drug-likeness (QED) is 0.711. The number of carbonyl (C=O) groups is 1. The lowest BCUT2D eigenvalue weighted by Gasteiger charge is -2.24. The molecule has 2 aromatic rings. The van der Waals surface area contributed by atoms with E-state index in [0.717, 1.165) is 47.0 Å². The van der Waals surface area contributed by atoms with Crippen LogP contribution in [0.2, 0.25) is 0 Å². The number of para-hydroxylation sites is 1. The van der Waals surface area contributed by atoms with Gasteiger partial charge in [0.05, 0.1) is 4.47 Å². The van der Waals surface area contributed by atoms with Crippen molar-refractivity contribution in [3.05, 3.63) is 34.5 Å². The molecule has 2 nitrogen and oxygen atoms in total. The predicted octanol–water partition coefficient (Wildman–Crippen LogP) is 5.20. The van der Waals surface area contributed by atoms with E-state index in [2.05, 4.69) is 22.9 Å². The van der Waals surface area contributed by atoms with Gasteiger partial charge in [0.2, 0.25) is 5.78 Å². The van der Waals surface area contributed by atoms with Gasteiger partial charge in [-0.1, -0.05) is 31.9 Å². The van der Waals surface area contributed by atoms with Crippen molar-refractivity contribution in [1.82, 2.24) is 0 Å². The molecule has 1 aromatic carbocycles. The maximum Gasteiger partial charge on any atom is 0.201 e. The number of ketones is 1. The molecule has 1 saturated carbocycles. The zero-order valence-electron chi connectivity index (χ0n) is 11.0. The van der Waals surface area contributed by atoms with Crippen molar-refractivity contribution < 1.29 is 9.21 Å². The fourth-order valence-electron chi connectivity index (χ4n) is 2.87. The van der Waals surface area contributed by atoms with E-state index in [1.807, 2.05) is 24.3 Å². The summed E-state index contributed by atoms with van der Waals surface area (Å²) in [4.78, 5) is 12.5. The molecule has 0 bridgehead atoms. The Hall–Kier alpha value is -1.09. The molecule has 1 heterocycles. The van der Waals surface area contributed by atoms with Gasteiger partial charge in [-0.05, 0) is 46.8 Å². The van der Waals surface area contributed by atoms with Gasteiger partial charge < -0.3 is 4.42 Å². The third-order valence-electron chi connectivity index (χ3n) is 4.13. The third-order valence-corrected chi connectivity index (χ3v) is 4.75. The van der Waals surface area contributed by atoms with Crippen LogP contribution in [-0.4, -0.2) is 5.78 Å². The van der Waals surface area contributed by atoms with Crippen molar-refractivity contribution >= 4 is 32.7 Å². The zero-order chi connectivity index (χ0) is 13.4.